The molecule has 10 rings (SSSR count). The minimum absolute atomic E-state index is 1.12. The number of hydrogen-bond acceptors (Lipinski definition) is 2. The van der Waals surface area contributed by atoms with Crippen molar-refractivity contribution >= 4 is 149 Å². The summed E-state index contributed by atoms with van der Waals surface area (Å²) in [6.45, 7) is 6.35. The minimum Gasteiger partial charge on any atom is -0.0870 e. The van der Waals surface area contributed by atoms with Gasteiger partial charge in [0.2, 0.25) is 0 Å². The van der Waals surface area contributed by atoms with Crippen molar-refractivity contribution in [1.82, 2.24) is 0 Å². The average molecular weight is 1250 g/mol. The summed E-state index contributed by atoms with van der Waals surface area (Å²) in [5, 5.41) is 7.30. The Bertz CT molecular complexity index is 3730. The van der Waals surface area contributed by atoms with Crippen LogP contribution in [0.25, 0.3) is 66.7 Å². The van der Waals surface area contributed by atoms with Crippen molar-refractivity contribution in [2.45, 2.75) is 76.0 Å². The number of nitrogens with zero attached hydrogens (tertiary/aromatic N) is 2. The van der Waals surface area contributed by atoms with Crippen molar-refractivity contribution < 1.29 is 0 Å². The Morgan fingerprint density at radius 3 is 1.04 bits per heavy atom. The Hall–Kier alpha value is -5.77. The van der Waals surface area contributed by atoms with Crippen LogP contribution < -0.4 is 27.4 Å². The number of benzene rings is 10. The van der Waals surface area contributed by atoms with Crippen LogP contribution in [0.4, 0.5) is 34.1 Å². The normalized spacial score (nSPS) is 12.5. The molecular weight excluding hydrogens is 1170 g/mol. The Balaban J connectivity index is 1.31. The molecule has 0 bridgehead atoms. The topological polar surface area (TPSA) is 6.48 Å². The second kappa shape index (κ2) is 21.5. The first kappa shape index (κ1) is 54.6. The van der Waals surface area contributed by atoms with Gasteiger partial charge in [0.25, 0.3) is 0 Å². The van der Waals surface area contributed by atoms with Gasteiger partial charge in [-0.3, -0.25) is 0 Å². The van der Waals surface area contributed by atoms with Gasteiger partial charge in [-0.2, -0.15) is 0 Å². The molecule has 0 atom stereocenters. The van der Waals surface area contributed by atoms with E-state index in [1.54, 1.807) is 0 Å². The molecule has 0 unspecified atom stereocenters. The van der Waals surface area contributed by atoms with Gasteiger partial charge in [0.1, 0.15) is 0 Å². The van der Waals surface area contributed by atoms with Gasteiger partial charge in [-0.1, -0.05) is 49.1 Å². The first-order valence-corrected chi connectivity index (χ1v) is 56.9. The van der Waals surface area contributed by atoms with Gasteiger partial charge in [0.05, 0.1) is 0 Å². The summed E-state index contributed by atoms with van der Waals surface area (Å²) >= 11 is -8.41. The van der Waals surface area contributed by atoms with E-state index >= 15 is 0 Å². The van der Waals surface area contributed by atoms with Crippen molar-refractivity contribution in [2.24, 2.45) is 0 Å². The van der Waals surface area contributed by atoms with Crippen LogP contribution in [0.3, 0.4) is 0 Å². The van der Waals surface area contributed by atoms with Gasteiger partial charge in [-0.05, 0) is 17.9 Å². The Morgan fingerprint density at radius 1 is 0.325 bits per heavy atom. The Kier molecular flexibility index (Phi) is 15.2. The summed E-state index contributed by atoms with van der Waals surface area (Å²) in [4.78, 5) is 4.97. The van der Waals surface area contributed by atoms with E-state index in [1.807, 2.05) is 6.08 Å². The molecule has 10 aromatic carbocycles. The third-order valence-corrected chi connectivity index (χ3v) is 32.9. The van der Waals surface area contributed by atoms with Crippen molar-refractivity contribution in [3.63, 3.8) is 0 Å². The molecule has 0 radical (unpaired) electrons. The van der Waals surface area contributed by atoms with E-state index in [-0.39, 0.29) is 0 Å². The molecule has 0 fully saturated rings. The summed E-state index contributed by atoms with van der Waals surface area (Å²) < 4.78 is 6.01. The molecule has 0 amide bonds. The smallest absolute Gasteiger partial charge is 0.0870 e. The Morgan fingerprint density at radius 2 is 0.675 bits per heavy atom. The van der Waals surface area contributed by atoms with Crippen LogP contribution in [0.15, 0.2) is 207 Å². The van der Waals surface area contributed by atoms with Gasteiger partial charge in [-0.15, -0.1) is 0 Å². The van der Waals surface area contributed by atoms with Crippen molar-refractivity contribution in [3.05, 3.63) is 218 Å². The van der Waals surface area contributed by atoms with Gasteiger partial charge < -0.3 is 0 Å². The number of hydrogen-bond donors (Lipinski definition) is 0. The Labute approximate surface area is 471 Å². The van der Waals surface area contributed by atoms with E-state index in [4.69, 9.17) is 0 Å². The summed E-state index contributed by atoms with van der Waals surface area (Å²) in [6, 6.07) is 75.4. The van der Waals surface area contributed by atoms with E-state index in [9.17, 15) is 0 Å². The maximum atomic E-state index is 4.25. The second-order valence-corrected chi connectivity index (χ2v) is 67.8. The van der Waals surface area contributed by atoms with Gasteiger partial charge in [0, 0.05) is 0 Å². The van der Waals surface area contributed by atoms with Crippen LogP contribution in [0, 0.1) is 0 Å². The monoisotopic (exact) mass is 1250 g/mol. The number of allylic oxidation sites excluding steroid dienone is 1. The number of fused-ring (bicyclic) bond motifs is 3. The SMILES string of the molecule is C=Cc1ccc(-c2c3ccc(N(c4cc[c]([Ge]([CH3])([CH3])[CH3])cc4)c4cc[c]([Ge]([CH3])([CH3])[CH3])cc4)cc3c(-c3ccc4ccccc4c3)c3ccc(N(c4cc[c]([Ge]([CH3])([CH3])[CH3])cc4)c4cc[c]([Ge]([CH3])([CH3])[CH3])cc4)cc23)cc1/C=C\C. The second-order valence-electron chi connectivity index (χ2n) is 25.2. The summed E-state index contributed by atoms with van der Waals surface area (Å²) in [6.07, 6.45) is 6.33. The molecule has 0 aliphatic heterocycles. The zero-order valence-corrected chi connectivity index (χ0v) is 56.2. The van der Waals surface area contributed by atoms with Crippen molar-refractivity contribution in [3.8, 4) is 22.3 Å². The van der Waals surface area contributed by atoms with Crippen LogP contribution in [-0.2, 0) is 0 Å². The molecule has 0 heterocycles. The zero-order valence-electron chi connectivity index (χ0n) is 47.8. The summed E-state index contributed by atoms with van der Waals surface area (Å²) in [5.74, 6) is 29.8. The van der Waals surface area contributed by atoms with Gasteiger partial charge in [0.15, 0.2) is 0 Å². The first-order chi connectivity index (χ1) is 36.6. The third kappa shape index (κ3) is 11.3. The fourth-order valence-electron chi connectivity index (χ4n) is 11.0. The molecule has 0 N–H and O–H groups in total. The van der Waals surface area contributed by atoms with Crippen LogP contribution in [0.1, 0.15) is 18.1 Å². The molecule has 6 heteroatoms. The van der Waals surface area contributed by atoms with Crippen LogP contribution in [-0.4, -0.2) is 53.1 Å². The molecule has 0 spiro atoms. The maximum absolute atomic E-state index is 4.25. The third-order valence-electron chi connectivity index (χ3n) is 15.5. The van der Waals surface area contributed by atoms with Crippen molar-refractivity contribution in [2.75, 3.05) is 9.80 Å². The summed E-state index contributed by atoms with van der Waals surface area (Å²) in [7, 11) is 0. The van der Waals surface area contributed by atoms with E-state index in [2.05, 4.69) is 299 Å². The molecule has 0 saturated heterocycles. The minimum atomic E-state index is -2.10. The average Bonchev–Trinajstić information content (AvgIpc) is 3.48. The van der Waals surface area contributed by atoms with Crippen LogP contribution in [0.2, 0.25) is 69.1 Å². The summed E-state index contributed by atoms with van der Waals surface area (Å²) in [5.41, 5.74) is 14.0. The molecule has 0 aromatic heterocycles. The molecular formula is C71H76Ge4N2. The van der Waals surface area contributed by atoms with E-state index in [0.717, 1.165) is 45.3 Å². The van der Waals surface area contributed by atoms with E-state index in [0.29, 0.717) is 0 Å². The number of rotatable bonds is 14. The predicted molar refractivity (Wildman–Crippen MR) is 356 cm³/mol. The fourth-order valence-corrected chi connectivity index (χ4v) is 20.8. The standard InChI is InChI=1S/C71H76Ge4N2/c1-15-19-52-46-54(24-22-50(52)16-2)70-66-44-42-65(77(62-38-30-58(31-39-62)74(9,10)11)63-40-32-59(33-41-63)75(12,13)14)49-69(66)71(55-25-23-51-20-17-18-21-53(51)47-55)67-45-43-64(48-68(67)70)76(60-34-26-56(27-35-60)72(3,4)5)61-36-28-57(29-37-61)73(6,7)8/h15-49H,2H2,1,3-14H3/b19-15-. The van der Waals surface area contributed by atoms with Crippen molar-refractivity contribution in [1.29, 1.82) is 0 Å². The molecule has 2 nitrogen and oxygen atoms in total. The molecule has 77 heavy (non-hydrogen) atoms. The van der Waals surface area contributed by atoms with Crippen LogP contribution >= 0.6 is 0 Å². The first-order valence-electron chi connectivity index (χ1n) is 27.6. The van der Waals surface area contributed by atoms with E-state index in [1.165, 1.54) is 72.2 Å². The molecule has 0 saturated carbocycles. The van der Waals surface area contributed by atoms with E-state index < -0.39 is 53.1 Å². The predicted octanol–water partition coefficient (Wildman–Crippen LogP) is 19.3. The zero-order chi connectivity index (χ0) is 54.6. The molecule has 0 aliphatic rings. The molecule has 0 aliphatic carbocycles. The van der Waals surface area contributed by atoms with Gasteiger partial charge >= 0.3 is 408 Å². The fraction of sp³-hybridized carbons (Fsp3) is 0.183. The quantitative estimate of drug-likeness (QED) is 0.0791. The van der Waals surface area contributed by atoms with Crippen LogP contribution in [0.5, 0.6) is 0 Å². The van der Waals surface area contributed by atoms with Gasteiger partial charge in [-0.25, -0.2) is 0 Å². The molecule has 10 aromatic rings. The number of anilines is 6. The molecule has 386 valence electrons.